The molecule has 0 bridgehead atoms. The fourth-order valence-corrected chi connectivity index (χ4v) is 1.81. The number of rotatable bonds is 4. The predicted molar refractivity (Wildman–Crippen MR) is 67.8 cm³/mol. The summed E-state index contributed by atoms with van der Waals surface area (Å²) in [5.41, 5.74) is 0.00986. The summed E-state index contributed by atoms with van der Waals surface area (Å²) >= 11 is 1.08. The van der Waals surface area contributed by atoms with Gasteiger partial charge in [-0.2, -0.15) is 0 Å². The molecular formula is C11H16N2O3S. The van der Waals surface area contributed by atoms with E-state index < -0.39 is 12.0 Å². The molecule has 0 saturated heterocycles. The molecule has 1 aromatic rings. The lowest BCUT2D eigenvalue weighted by molar-refractivity contribution is 0.0703. The highest BCUT2D eigenvalue weighted by Gasteiger charge is 2.19. The van der Waals surface area contributed by atoms with Crippen molar-refractivity contribution < 1.29 is 14.7 Å². The number of aromatic carboxylic acids is 1. The maximum Gasteiger partial charge on any atom is 0.348 e. The monoisotopic (exact) mass is 256 g/mol. The Morgan fingerprint density at radius 3 is 2.65 bits per heavy atom. The molecule has 0 radical (unpaired) electrons. The molecular weight excluding hydrogens is 240 g/mol. The van der Waals surface area contributed by atoms with Gasteiger partial charge in [0.1, 0.15) is 4.88 Å². The number of carbonyl (C=O) groups is 2. The minimum Gasteiger partial charge on any atom is -0.477 e. The SMILES string of the molecule is CCC(C)(C)NC(=O)Nc1ccsc1C(=O)O. The van der Waals surface area contributed by atoms with Gasteiger partial charge in [-0.05, 0) is 31.7 Å². The van der Waals surface area contributed by atoms with E-state index in [1.807, 2.05) is 20.8 Å². The van der Waals surface area contributed by atoms with E-state index in [2.05, 4.69) is 10.6 Å². The van der Waals surface area contributed by atoms with Crippen LogP contribution in [0.15, 0.2) is 11.4 Å². The van der Waals surface area contributed by atoms with E-state index in [0.717, 1.165) is 17.8 Å². The molecule has 5 nitrogen and oxygen atoms in total. The van der Waals surface area contributed by atoms with Crippen molar-refractivity contribution in [3.63, 3.8) is 0 Å². The van der Waals surface area contributed by atoms with Crippen LogP contribution in [0, 0.1) is 0 Å². The number of carbonyl (C=O) groups excluding carboxylic acids is 1. The third kappa shape index (κ3) is 3.74. The summed E-state index contributed by atoms with van der Waals surface area (Å²) in [6, 6.07) is 1.19. The van der Waals surface area contributed by atoms with E-state index in [-0.39, 0.29) is 10.4 Å². The van der Waals surface area contributed by atoms with Gasteiger partial charge in [0.2, 0.25) is 0 Å². The van der Waals surface area contributed by atoms with Crippen LogP contribution in [0.4, 0.5) is 10.5 Å². The summed E-state index contributed by atoms with van der Waals surface area (Å²) in [6.45, 7) is 5.77. The fourth-order valence-electron chi connectivity index (χ4n) is 1.12. The van der Waals surface area contributed by atoms with Gasteiger partial charge in [-0.3, -0.25) is 0 Å². The van der Waals surface area contributed by atoms with Crippen LogP contribution in [0.2, 0.25) is 0 Å². The van der Waals surface area contributed by atoms with Crippen LogP contribution in [-0.2, 0) is 0 Å². The second kappa shape index (κ2) is 5.18. The van der Waals surface area contributed by atoms with Crippen LogP contribution in [0.1, 0.15) is 36.9 Å². The topological polar surface area (TPSA) is 78.4 Å². The lowest BCUT2D eigenvalue weighted by atomic mass is 10.0. The number of carboxylic acids is 1. The van der Waals surface area contributed by atoms with Crippen LogP contribution >= 0.6 is 11.3 Å². The fraction of sp³-hybridized carbons (Fsp3) is 0.455. The zero-order valence-electron chi connectivity index (χ0n) is 10.0. The van der Waals surface area contributed by atoms with Gasteiger partial charge in [0.05, 0.1) is 5.69 Å². The van der Waals surface area contributed by atoms with Gasteiger partial charge in [-0.25, -0.2) is 9.59 Å². The third-order valence-electron chi connectivity index (χ3n) is 2.44. The molecule has 0 aromatic carbocycles. The molecule has 0 aliphatic heterocycles. The minimum absolute atomic E-state index is 0.134. The van der Waals surface area contributed by atoms with E-state index >= 15 is 0 Å². The zero-order valence-corrected chi connectivity index (χ0v) is 10.9. The number of amides is 2. The molecule has 0 spiro atoms. The summed E-state index contributed by atoms with van der Waals surface area (Å²) in [5.74, 6) is -1.04. The van der Waals surface area contributed by atoms with Crippen molar-refractivity contribution in [2.24, 2.45) is 0 Å². The second-order valence-electron chi connectivity index (χ2n) is 4.29. The first kappa shape index (κ1) is 13.5. The molecule has 17 heavy (non-hydrogen) atoms. The predicted octanol–water partition coefficient (Wildman–Crippen LogP) is 2.76. The average molecular weight is 256 g/mol. The van der Waals surface area contributed by atoms with Gasteiger partial charge in [0, 0.05) is 5.54 Å². The van der Waals surface area contributed by atoms with Crippen LogP contribution in [-0.4, -0.2) is 22.6 Å². The van der Waals surface area contributed by atoms with E-state index in [9.17, 15) is 9.59 Å². The van der Waals surface area contributed by atoms with Crippen molar-refractivity contribution in [3.05, 3.63) is 16.3 Å². The van der Waals surface area contributed by atoms with Crippen LogP contribution in [0.25, 0.3) is 0 Å². The van der Waals surface area contributed by atoms with Gasteiger partial charge >= 0.3 is 12.0 Å². The molecule has 3 N–H and O–H groups in total. The molecule has 1 rings (SSSR count). The lowest BCUT2D eigenvalue weighted by Gasteiger charge is -2.24. The Balaban J connectivity index is 2.69. The summed E-state index contributed by atoms with van der Waals surface area (Å²) in [7, 11) is 0. The number of hydrogen-bond donors (Lipinski definition) is 3. The van der Waals surface area contributed by atoms with Crippen molar-refractivity contribution in [3.8, 4) is 0 Å². The van der Waals surface area contributed by atoms with E-state index in [0.29, 0.717) is 5.69 Å². The molecule has 0 saturated carbocycles. The molecule has 1 heterocycles. The lowest BCUT2D eigenvalue weighted by Crippen LogP contribution is -2.45. The van der Waals surface area contributed by atoms with E-state index in [4.69, 9.17) is 5.11 Å². The largest absolute Gasteiger partial charge is 0.477 e. The molecule has 0 atom stereocenters. The van der Waals surface area contributed by atoms with Gasteiger partial charge in [-0.1, -0.05) is 6.92 Å². The summed E-state index contributed by atoms with van der Waals surface area (Å²) < 4.78 is 0. The number of hydrogen-bond acceptors (Lipinski definition) is 3. The Kier molecular flexibility index (Phi) is 4.11. The maximum atomic E-state index is 11.6. The normalized spacial score (nSPS) is 11.0. The highest BCUT2D eigenvalue weighted by molar-refractivity contribution is 7.12. The molecule has 0 unspecified atom stereocenters. The zero-order chi connectivity index (χ0) is 13.1. The second-order valence-corrected chi connectivity index (χ2v) is 5.20. The minimum atomic E-state index is -1.04. The summed E-state index contributed by atoms with van der Waals surface area (Å²) in [6.07, 6.45) is 0.788. The Morgan fingerprint density at radius 1 is 1.47 bits per heavy atom. The van der Waals surface area contributed by atoms with E-state index in [1.54, 1.807) is 11.4 Å². The van der Waals surface area contributed by atoms with Gasteiger partial charge in [-0.15, -0.1) is 11.3 Å². The Labute approximate surface area is 104 Å². The van der Waals surface area contributed by atoms with Crippen LogP contribution < -0.4 is 10.6 Å². The summed E-state index contributed by atoms with van der Waals surface area (Å²) in [5, 5.41) is 15.8. The van der Waals surface area contributed by atoms with Gasteiger partial charge < -0.3 is 15.7 Å². The first-order valence-corrected chi connectivity index (χ1v) is 6.13. The van der Waals surface area contributed by atoms with Crippen LogP contribution in [0.3, 0.4) is 0 Å². The number of carboxylic acid groups (broad SMARTS) is 1. The molecule has 0 aliphatic rings. The molecule has 0 aliphatic carbocycles. The first-order chi connectivity index (χ1) is 7.85. The van der Waals surface area contributed by atoms with Gasteiger partial charge in [0.25, 0.3) is 0 Å². The first-order valence-electron chi connectivity index (χ1n) is 5.25. The van der Waals surface area contributed by atoms with Crippen molar-refractivity contribution in [1.29, 1.82) is 0 Å². The number of anilines is 1. The molecule has 1 aromatic heterocycles. The Bertz CT molecular complexity index is 426. The van der Waals surface area contributed by atoms with Crippen molar-refractivity contribution in [2.75, 3.05) is 5.32 Å². The third-order valence-corrected chi connectivity index (χ3v) is 3.35. The highest BCUT2D eigenvalue weighted by Crippen LogP contribution is 2.22. The Hall–Kier alpha value is -1.56. The molecule has 94 valence electrons. The number of thiophene rings is 1. The summed E-state index contributed by atoms with van der Waals surface area (Å²) in [4.78, 5) is 22.6. The average Bonchev–Trinajstić information content (AvgIpc) is 2.65. The van der Waals surface area contributed by atoms with Gasteiger partial charge in [0.15, 0.2) is 0 Å². The molecule has 2 amide bonds. The maximum absolute atomic E-state index is 11.6. The number of nitrogens with one attached hydrogen (secondary N) is 2. The molecule has 6 heteroatoms. The van der Waals surface area contributed by atoms with Crippen molar-refractivity contribution in [1.82, 2.24) is 5.32 Å². The Morgan fingerprint density at radius 2 is 2.12 bits per heavy atom. The van der Waals surface area contributed by atoms with Crippen LogP contribution in [0.5, 0.6) is 0 Å². The molecule has 0 fully saturated rings. The standard InChI is InChI=1S/C11H16N2O3S/c1-4-11(2,3)13-10(16)12-7-5-6-17-8(7)9(14)15/h5-6H,4H2,1-3H3,(H,14,15)(H2,12,13,16). The van der Waals surface area contributed by atoms with Crippen molar-refractivity contribution in [2.45, 2.75) is 32.7 Å². The quantitative estimate of drug-likeness (QED) is 0.775. The smallest absolute Gasteiger partial charge is 0.348 e. The number of urea groups is 1. The highest BCUT2D eigenvalue weighted by atomic mass is 32.1. The van der Waals surface area contributed by atoms with E-state index in [1.165, 1.54) is 0 Å². The van der Waals surface area contributed by atoms with Crippen molar-refractivity contribution >= 4 is 29.0 Å².